The molecule has 0 spiro atoms. The van der Waals surface area contributed by atoms with E-state index >= 15 is 0 Å². The Morgan fingerprint density at radius 2 is 2.12 bits per heavy atom. The van der Waals surface area contributed by atoms with Gasteiger partial charge in [-0.1, -0.05) is 12.1 Å². The molecule has 0 aliphatic rings. The van der Waals surface area contributed by atoms with Gasteiger partial charge in [0.1, 0.15) is 0 Å². The van der Waals surface area contributed by atoms with Gasteiger partial charge in [0.2, 0.25) is 6.04 Å². The Morgan fingerprint density at radius 1 is 1.59 bits per heavy atom. The van der Waals surface area contributed by atoms with Crippen LogP contribution in [0.2, 0.25) is 0 Å². The topological polar surface area (TPSA) is 96.0 Å². The van der Waals surface area contributed by atoms with E-state index in [1.807, 2.05) is 0 Å². The third-order valence-electron chi connectivity index (χ3n) is 2.32. The lowest BCUT2D eigenvalue weighted by atomic mass is 10.0. The van der Waals surface area contributed by atoms with Crippen molar-refractivity contribution in [3.63, 3.8) is 0 Å². The molecule has 0 aliphatic carbocycles. The van der Waals surface area contributed by atoms with E-state index in [4.69, 9.17) is 5.21 Å². The summed E-state index contributed by atoms with van der Waals surface area (Å²) in [6, 6.07) is -0.910. The smallest absolute Gasteiger partial charge is 0.275 e. The first-order valence-electron chi connectivity index (χ1n) is 5.12. The van der Waals surface area contributed by atoms with Gasteiger partial charge < -0.3 is 10.1 Å². The van der Waals surface area contributed by atoms with Crippen molar-refractivity contribution in [2.75, 3.05) is 14.1 Å². The maximum atomic E-state index is 11.5. The molecule has 0 bridgehead atoms. The quantitative estimate of drug-likeness (QED) is 0.336. The Hall–Kier alpha value is -1.92. The molecule has 0 aromatic rings. The highest BCUT2D eigenvalue weighted by molar-refractivity contribution is 6.43. The number of oxime groups is 1. The van der Waals surface area contributed by atoms with E-state index in [2.05, 4.69) is 5.16 Å². The van der Waals surface area contributed by atoms with Gasteiger partial charge >= 0.3 is 0 Å². The lowest BCUT2D eigenvalue weighted by molar-refractivity contribution is -0.507. The van der Waals surface area contributed by atoms with Crippen LogP contribution in [0.15, 0.2) is 16.8 Å². The lowest BCUT2D eigenvalue weighted by Crippen LogP contribution is -2.30. The third kappa shape index (κ3) is 4.21. The Kier molecular flexibility index (Phi) is 5.87. The van der Waals surface area contributed by atoms with Crippen LogP contribution in [0.4, 0.5) is 0 Å². The molecule has 1 unspecified atom stereocenters. The van der Waals surface area contributed by atoms with Crippen molar-refractivity contribution < 1.29 is 14.9 Å². The maximum absolute atomic E-state index is 11.5. The fourth-order valence-electron chi connectivity index (χ4n) is 1.19. The monoisotopic (exact) mass is 243 g/mol. The molecular formula is C10H17N3O4. The second-order valence-corrected chi connectivity index (χ2v) is 3.72. The molecule has 0 aromatic heterocycles. The Bertz CT molecular complexity index is 361. The third-order valence-corrected chi connectivity index (χ3v) is 2.32. The van der Waals surface area contributed by atoms with E-state index in [0.29, 0.717) is 12.0 Å². The maximum Gasteiger partial charge on any atom is 0.275 e. The average Bonchev–Trinajstić information content (AvgIpc) is 2.28. The fraction of sp³-hybridized carbons (Fsp3) is 0.600. The first-order valence-corrected chi connectivity index (χ1v) is 5.12. The molecule has 1 amide bonds. The van der Waals surface area contributed by atoms with E-state index in [1.165, 1.54) is 32.0 Å². The van der Waals surface area contributed by atoms with E-state index < -0.39 is 16.9 Å². The van der Waals surface area contributed by atoms with Crippen LogP contribution >= 0.6 is 0 Å². The minimum Gasteiger partial charge on any atom is -0.410 e. The van der Waals surface area contributed by atoms with E-state index in [9.17, 15) is 14.9 Å². The summed E-state index contributed by atoms with van der Waals surface area (Å²) < 4.78 is 0. The fourth-order valence-corrected chi connectivity index (χ4v) is 1.19. The number of rotatable bonds is 5. The zero-order chi connectivity index (χ0) is 13.6. The second kappa shape index (κ2) is 6.62. The second-order valence-electron chi connectivity index (χ2n) is 3.72. The van der Waals surface area contributed by atoms with Crippen LogP contribution in [0, 0.1) is 10.1 Å². The predicted molar refractivity (Wildman–Crippen MR) is 62.7 cm³/mol. The first-order chi connectivity index (χ1) is 7.84. The normalized spacial score (nSPS) is 14.4. The largest absolute Gasteiger partial charge is 0.410 e. The van der Waals surface area contributed by atoms with E-state index in [0.717, 1.165) is 0 Å². The lowest BCUT2D eigenvalue weighted by Gasteiger charge is -2.11. The van der Waals surface area contributed by atoms with Gasteiger partial charge in [-0.25, -0.2) is 0 Å². The number of carbonyl (C=O) groups excluding carboxylic acids is 1. The summed E-state index contributed by atoms with van der Waals surface area (Å²) in [5.41, 5.74) is 0.221. The molecule has 96 valence electrons. The van der Waals surface area contributed by atoms with Crippen molar-refractivity contribution in [1.29, 1.82) is 0 Å². The number of nitro groups is 1. The van der Waals surface area contributed by atoms with Gasteiger partial charge in [0, 0.05) is 31.5 Å². The summed E-state index contributed by atoms with van der Waals surface area (Å²) in [5.74, 6) is -0.506. The summed E-state index contributed by atoms with van der Waals surface area (Å²) in [6.07, 6.45) is 1.66. The predicted octanol–water partition coefficient (Wildman–Crippen LogP) is 0.906. The number of carbonyl (C=O) groups is 1. The standard InChI is InChI=1S/C10H17N3O4/c1-5-8(7(2)13(16)17)6-9(11-15)10(14)12(3)4/h6-7,15H,5H2,1-4H3. The summed E-state index contributed by atoms with van der Waals surface area (Å²) >= 11 is 0. The van der Waals surface area contributed by atoms with Gasteiger partial charge in [-0.2, -0.15) is 0 Å². The van der Waals surface area contributed by atoms with Crippen molar-refractivity contribution in [2.24, 2.45) is 5.16 Å². The van der Waals surface area contributed by atoms with Gasteiger partial charge in [-0.3, -0.25) is 14.9 Å². The van der Waals surface area contributed by atoms with Crippen LogP contribution in [0.1, 0.15) is 20.3 Å². The van der Waals surface area contributed by atoms with Gasteiger partial charge in [-0.15, -0.1) is 0 Å². The van der Waals surface area contributed by atoms with Gasteiger partial charge in [-0.05, 0) is 12.5 Å². The summed E-state index contributed by atoms with van der Waals surface area (Å²) in [5, 5.41) is 22.2. The number of amides is 1. The van der Waals surface area contributed by atoms with Crippen LogP contribution in [-0.4, -0.2) is 46.8 Å². The highest BCUT2D eigenvalue weighted by atomic mass is 16.6. The molecule has 0 fully saturated rings. The molecule has 0 aromatic carbocycles. The van der Waals surface area contributed by atoms with Gasteiger partial charge in [0.25, 0.3) is 5.91 Å². The SMILES string of the molecule is CCC(=CC(=NO)C(=O)N(C)C)C(C)[N+](=O)[O-]. The first kappa shape index (κ1) is 15.1. The van der Waals surface area contributed by atoms with E-state index in [1.54, 1.807) is 6.92 Å². The number of nitrogens with zero attached hydrogens (tertiary/aromatic N) is 3. The van der Waals surface area contributed by atoms with Gasteiger partial charge in [0.15, 0.2) is 5.71 Å². The van der Waals surface area contributed by atoms with Crippen molar-refractivity contribution in [1.82, 2.24) is 4.90 Å². The Balaban J connectivity index is 5.18. The Labute approximate surface area is 99.6 Å². The summed E-state index contributed by atoms with van der Waals surface area (Å²) in [6.45, 7) is 3.16. The van der Waals surface area contributed by atoms with Gasteiger partial charge in [0.05, 0.1) is 0 Å². The number of hydrogen-bond acceptors (Lipinski definition) is 5. The zero-order valence-corrected chi connectivity index (χ0v) is 10.4. The molecule has 17 heavy (non-hydrogen) atoms. The van der Waals surface area contributed by atoms with Crippen molar-refractivity contribution in [2.45, 2.75) is 26.3 Å². The average molecular weight is 243 g/mol. The molecule has 0 saturated carbocycles. The molecule has 0 saturated heterocycles. The van der Waals surface area contributed by atoms with Crippen LogP contribution in [0.3, 0.4) is 0 Å². The molecule has 7 heteroatoms. The zero-order valence-electron chi connectivity index (χ0n) is 10.4. The van der Waals surface area contributed by atoms with Crippen LogP contribution in [0.25, 0.3) is 0 Å². The van der Waals surface area contributed by atoms with Crippen LogP contribution in [-0.2, 0) is 4.79 Å². The molecule has 1 atom stereocenters. The summed E-state index contributed by atoms with van der Waals surface area (Å²) in [4.78, 5) is 23.0. The van der Waals surface area contributed by atoms with Crippen molar-refractivity contribution in [3.05, 3.63) is 21.8 Å². The molecule has 0 heterocycles. The molecule has 1 N–H and O–H groups in total. The number of hydrogen-bond donors (Lipinski definition) is 1. The van der Waals surface area contributed by atoms with Crippen molar-refractivity contribution >= 4 is 11.6 Å². The minimum absolute atomic E-state index is 0.208. The van der Waals surface area contributed by atoms with E-state index in [-0.39, 0.29) is 5.71 Å². The Morgan fingerprint density at radius 3 is 2.41 bits per heavy atom. The summed E-state index contributed by atoms with van der Waals surface area (Å²) in [7, 11) is 3.01. The minimum atomic E-state index is -0.910. The molecule has 0 rings (SSSR count). The van der Waals surface area contributed by atoms with Crippen molar-refractivity contribution in [3.8, 4) is 0 Å². The molecule has 7 nitrogen and oxygen atoms in total. The molecule has 0 radical (unpaired) electrons. The van der Waals surface area contributed by atoms with Crippen LogP contribution in [0.5, 0.6) is 0 Å². The highest BCUT2D eigenvalue weighted by Gasteiger charge is 2.21. The molecule has 0 aliphatic heterocycles. The molecular weight excluding hydrogens is 226 g/mol. The highest BCUT2D eigenvalue weighted by Crippen LogP contribution is 2.10. The van der Waals surface area contributed by atoms with Crippen LogP contribution < -0.4 is 0 Å².